The second-order valence-corrected chi connectivity index (χ2v) is 9.15. The molecule has 0 amide bonds. The van der Waals surface area contributed by atoms with Gasteiger partial charge in [-0.25, -0.2) is 4.79 Å². The van der Waals surface area contributed by atoms with E-state index in [1.807, 2.05) is 6.07 Å². The van der Waals surface area contributed by atoms with Gasteiger partial charge in [-0.3, -0.25) is 4.57 Å². The van der Waals surface area contributed by atoms with E-state index in [0.29, 0.717) is 18.7 Å². The fraction of sp³-hybridized carbons (Fsp3) is 0.320. The van der Waals surface area contributed by atoms with Crippen LogP contribution in [-0.2, 0) is 24.1 Å². The van der Waals surface area contributed by atoms with Crippen molar-refractivity contribution in [2.45, 2.75) is 37.4 Å². The third-order valence-electron chi connectivity index (χ3n) is 6.79. The van der Waals surface area contributed by atoms with Gasteiger partial charge in [-0.05, 0) is 35.9 Å². The molecule has 8 nitrogen and oxygen atoms in total. The predicted molar refractivity (Wildman–Crippen MR) is 120 cm³/mol. The number of rotatable bonds is 5. The number of anilines is 1. The third kappa shape index (κ3) is 3.74. The van der Waals surface area contributed by atoms with Gasteiger partial charge in [-0.1, -0.05) is 12.1 Å². The largest absolute Gasteiger partial charge is 0.473 e. The molecule has 4 heterocycles. The molecule has 0 radical (unpaired) electrons. The van der Waals surface area contributed by atoms with Crippen LogP contribution in [-0.4, -0.2) is 34.3 Å². The Kier molecular flexibility index (Phi) is 4.98. The van der Waals surface area contributed by atoms with Crippen LogP contribution in [0.2, 0.25) is 0 Å². The lowest BCUT2D eigenvalue weighted by molar-refractivity contribution is -0.137. The molecule has 0 unspecified atom stereocenters. The van der Waals surface area contributed by atoms with Crippen molar-refractivity contribution in [3.8, 4) is 23.4 Å². The zero-order valence-electron chi connectivity index (χ0n) is 18.8. The van der Waals surface area contributed by atoms with Gasteiger partial charge in [0.05, 0.1) is 35.9 Å². The molecule has 1 aromatic heterocycles. The molecule has 2 fully saturated rings. The molecule has 3 aliphatic heterocycles. The first kappa shape index (κ1) is 22.4. The van der Waals surface area contributed by atoms with E-state index in [0.717, 1.165) is 30.9 Å². The van der Waals surface area contributed by atoms with Crippen LogP contribution in [0.1, 0.15) is 23.1 Å². The molecule has 3 aliphatic rings. The topological polar surface area (TPSA) is 89.6 Å². The van der Waals surface area contributed by atoms with Gasteiger partial charge in [0.2, 0.25) is 5.88 Å². The van der Waals surface area contributed by atoms with E-state index in [1.54, 1.807) is 16.7 Å². The van der Waals surface area contributed by atoms with Gasteiger partial charge in [0.25, 0.3) is 0 Å². The van der Waals surface area contributed by atoms with Crippen molar-refractivity contribution in [3.05, 3.63) is 75.7 Å². The monoisotopic (exact) mass is 496 g/mol. The van der Waals surface area contributed by atoms with E-state index in [1.165, 1.54) is 24.3 Å². The molecule has 3 aromatic rings. The van der Waals surface area contributed by atoms with Crippen LogP contribution in [0, 0.1) is 11.3 Å². The normalized spacial score (nSPS) is 21.7. The lowest BCUT2D eigenvalue weighted by atomic mass is 10.0. The zero-order valence-corrected chi connectivity index (χ0v) is 18.8. The van der Waals surface area contributed by atoms with Gasteiger partial charge in [0, 0.05) is 19.0 Å². The first-order chi connectivity index (χ1) is 17.2. The Hall–Kier alpha value is -4.04. The molecule has 11 heteroatoms. The van der Waals surface area contributed by atoms with E-state index in [-0.39, 0.29) is 41.2 Å². The van der Waals surface area contributed by atoms with E-state index >= 15 is 0 Å². The van der Waals surface area contributed by atoms with Crippen molar-refractivity contribution < 1.29 is 27.4 Å². The Morgan fingerprint density at radius 3 is 2.86 bits per heavy atom. The molecule has 184 valence electrons. The first-order valence-corrected chi connectivity index (χ1v) is 11.3. The average molecular weight is 496 g/mol. The van der Waals surface area contributed by atoms with Crippen molar-refractivity contribution in [1.82, 2.24) is 9.55 Å². The fourth-order valence-corrected chi connectivity index (χ4v) is 5.13. The number of fused-ring (bicyclic) bond motifs is 3. The van der Waals surface area contributed by atoms with Crippen LogP contribution < -0.4 is 20.1 Å². The second kappa shape index (κ2) is 7.99. The molecule has 36 heavy (non-hydrogen) atoms. The highest BCUT2D eigenvalue weighted by molar-refractivity contribution is 5.53. The van der Waals surface area contributed by atoms with Gasteiger partial charge in [0.1, 0.15) is 30.0 Å². The molecular formula is C25H19F3N4O4. The summed E-state index contributed by atoms with van der Waals surface area (Å²) in [5, 5.41) is 9.55. The molecule has 2 aromatic carbocycles. The van der Waals surface area contributed by atoms with Crippen molar-refractivity contribution in [1.29, 1.82) is 5.26 Å². The number of nitrogens with zero attached hydrogens (tertiary/aromatic N) is 4. The van der Waals surface area contributed by atoms with Gasteiger partial charge in [0.15, 0.2) is 0 Å². The maximum atomic E-state index is 13.0. The summed E-state index contributed by atoms with van der Waals surface area (Å²) in [5.74, 6) is 1.02. The quantitative estimate of drug-likeness (QED) is 0.530. The van der Waals surface area contributed by atoms with Crippen molar-refractivity contribution in [2.75, 3.05) is 18.1 Å². The highest BCUT2D eigenvalue weighted by Crippen LogP contribution is 2.46. The number of halogens is 3. The van der Waals surface area contributed by atoms with E-state index in [4.69, 9.17) is 14.2 Å². The molecule has 1 spiro atoms. The first-order valence-electron chi connectivity index (χ1n) is 11.3. The number of aromatic nitrogens is 2. The van der Waals surface area contributed by atoms with Gasteiger partial charge in [-0.15, -0.1) is 0 Å². The Labute approximate surface area is 203 Å². The smallest absolute Gasteiger partial charge is 0.416 e. The Balaban J connectivity index is 1.18. The van der Waals surface area contributed by atoms with Gasteiger partial charge >= 0.3 is 11.9 Å². The Bertz CT molecular complexity index is 1460. The molecule has 6 rings (SSSR count). The van der Waals surface area contributed by atoms with Crippen LogP contribution in [0.25, 0.3) is 0 Å². The maximum absolute atomic E-state index is 13.0. The summed E-state index contributed by atoms with van der Waals surface area (Å²) in [5.41, 5.74) is -0.686. The molecule has 2 saturated heterocycles. The maximum Gasteiger partial charge on any atom is 0.416 e. The number of hydrogen-bond donors (Lipinski definition) is 0. The standard InChI is InChI=1S/C25H19F3N4O4/c26-25(27,28)17-2-1-3-18(7-17)36-20-5-4-15(6-16(20)10-29)12-34-21-8-22-31(23(33)30-21)13-24-9-19(35-14-24)11-32(22)24/h1-8,19H,9,11-14H2/t19-,24+/m1/s1. The van der Waals surface area contributed by atoms with E-state index in [9.17, 15) is 23.2 Å². The zero-order chi connectivity index (χ0) is 25.1. The minimum atomic E-state index is -4.50. The minimum Gasteiger partial charge on any atom is -0.473 e. The number of alkyl halides is 3. The Morgan fingerprint density at radius 2 is 2.08 bits per heavy atom. The van der Waals surface area contributed by atoms with Crippen molar-refractivity contribution in [2.24, 2.45) is 0 Å². The Morgan fingerprint density at radius 1 is 1.22 bits per heavy atom. The molecule has 2 atom stereocenters. The summed E-state index contributed by atoms with van der Waals surface area (Å²) in [4.78, 5) is 18.9. The summed E-state index contributed by atoms with van der Waals surface area (Å²) in [7, 11) is 0. The van der Waals surface area contributed by atoms with Crippen LogP contribution in [0.5, 0.6) is 17.4 Å². The molecular weight excluding hydrogens is 477 g/mol. The summed E-state index contributed by atoms with van der Waals surface area (Å²) in [6, 6.07) is 12.8. The van der Waals surface area contributed by atoms with E-state index < -0.39 is 17.4 Å². The van der Waals surface area contributed by atoms with Gasteiger partial charge < -0.3 is 19.1 Å². The van der Waals surface area contributed by atoms with Crippen LogP contribution in [0.4, 0.5) is 19.0 Å². The van der Waals surface area contributed by atoms with Crippen molar-refractivity contribution >= 4 is 5.82 Å². The second-order valence-electron chi connectivity index (χ2n) is 9.15. The third-order valence-corrected chi connectivity index (χ3v) is 6.79. The number of benzene rings is 2. The van der Waals surface area contributed by atoms with Crippen LogP contribution in [0.3, 0.4) is 0 Å². The number of ether oxygens (including phenoxy) is 3. The summed E-state index contributed by atoms with van der Waals surface area (Å²) in [6.07, 6.45) is -3.45. The number of hydrogen-bond acceptors (Lipinski definition) is 7. The molecule has 0 saturated carbocycles. The van der Waals surface area contributed by atoms with E-state index in [2.05, 4.69) is 9.88 Å². The average Bonchev–Trinajstić information content (AvgIpc) is 3.52. The molecule has 0 aliphatic carbocycles. The number of nitriles is 1. The SMILES string of the molecule is N#Cc1cc(COc2cc3n(c(=O)n2)C[C@@]24CO[C@@H](CN32)C4)ccc1Oc1cccc(C(F)(F)F)c1. The fourth-order valence-electron chi connectivity index (χ4n) is 5.13. The predicted octanol–water partition coefficient (Wildman–Crippen LogP) is 3.87. The minimum absolute atomic E-state index is 0.0330. The van der Waals surface area contributed by atoms with Crippen LogP contribution >= 0.6 is 0 Å². The van der Waals surface area contributed by atoms with Gasteiger partial charge in [-0.2, -0.15) is 23.4 Å². The molecule has 0 N–H and O–H groups in total. The highest BCUT2D eigenvalue weighted by atomic mass is 19.4. The lowest BCUT2D eigenvalue weighted by Gasteiger charge is -2.32. The summed E-state index contributed by atoms with van der Waals surface area (Å²) >= 11 is 0. The highest BCUT2D eigenvalue weighted by Gasteiger charge is 2.56. The summed E-state index contributed by atoms with van der Waals surface area (Å²) < 4.78 is 57.7. The van der Waals surface area contributed by atoms with Crippen molar-refractivity contribution in [3.63, 3.8) is 0 Å². The lowest BCUT2D eigenvalue weighted by Crippen LogP contribution is -2.46. The van der Waals surface area contributed by atoms with Crippen LogP contribution in [0.15, 0.2) is 53.3 Å². The summed E-state index contributed by atoms with van der Waals surface area (Å²) in [6.45, 7) is 1.89. The number of morpholine rings is 1. The molecule has 2 bridgehead atoms.